The monoisotopic (exact) mass is 341 g/mol. The minimum absolute atomic E-state index is 0.223. The molecule has 1 N–H and O–H groups in total. The number of hydrogen-bond donors (Lipinski definition) is 1. The Morgan fingerprint density at radius 2 is 1.96 bits per heavy atom. The molecule has 3 rings (SSSR count). The van der Waals surface area contributed by atoms with Crippen LogP contribution in [0.2, 0.25) is 0 Å². The van der Waals surface area contributed by atoms with Gasteiger partial charge in [-0.2, -0.15) is 0 Å². The van der Waals surface area contributed by atoms with Gasteiger partial charge < -0.3 is 19.5 Å². The average molecular weight is 341 g/mol. The maximum atomic E-state index is 5.94. The summed E-state index contributed by atoms with van der Waals surface area (Å²) < 4.78 is 17.5. The van der Waals surface area contributed by atoms with Crippen LogP contribution in [0.3, 0.4) is 0 Å². The van der Waals surface area contributed by atoms with E-state index in [0.29, 0.717) is 19.8 Å². The van der Waals surface area contributed by atoms with Crippen molar-refractivity contribution < 1.29 is 14.2 Å². The van der Waals surface area contributed by atoms with Crippen LogP contribution < -0.4 is 14.8 Å². The molecule has 4 nitrogen and oxygen atoms in total. The van der Waals surface area contributed by atoms with E-state index in [0.717, 1.165) is 42.2 Å². The molecule has 4 heteroatoms. The van der Waals surface area contributed by atoms with Gasteiger partial charge in [-0.1, -0.05) is 24.3 Å². The van der Waals surface area contributed by atoms with Crippen LogP contribution in [-0.2, 0) is 4.74 Å². The first-order chi connectivity index (χ1) is 12.2. The molecule has 0 saturated carbocycles. The van der Waals surface area contributed by atoms with Crippen LogP contribution in [-0.4, -0.2) is 32.5 Å². The normalized spacial score (nSPS) is 16.6. The molecule has 0 spiro atoms. The largest absolute Gasteiger partial charge is 0.491 e. The second-order valence-corrected chi connectivity index (χ2v) is 6.49. The van der Waals surface area contributed by atoms with Crippen LogP contribution in [0.4, 0.5) is 5.69 Å². The van der Waals surface area contributed by atoms with Gasteiger partial charge in [0, 0.05) is 13.2 Å². The summed E-state index contributed by atoms with van der Waals surface area (Å²) in [6.07, 6.45) is 2.43. The van der Waals surface area contributed by atoms with Crippen molar-refractivity contribution in [3.05, 3.63) is 53.6 Å². The highest BCUT2D eigenvalue weighted by atomic mass is 16.5. The molecule has 1 atom stereocenters. The lowest BCUT2D eigenvalue weighted by atomic mass is 10.1. The van der Waals surface area contributed by atoms with E-state index < -0.39 is 0 Å². The number of ether oxygens (including phenoxy) is 3. The Hall–Kier alpha value is -2.20. The highest BCUT2D eigenvalue weighted by Crippen LogP contribution is 2.25. The molecule has 1 aliphatic rings. The van der Waals surface area contributed by atoms with Gasteiger partial charge in [0.2, 0.25) is 0 Å². The van der Waals surface area contributed by atoms with E-state index in [1.807, 2.05) is 24.3 Å². The summed E-state index contributed by atoms with van der Waals surface area (Å²) in [5, 5.41) is 3.40. The Kier molecular flexibility index (Phi) is 6.18. The lowest BCUT2D eigenvalue weighted by Crippen LogP contribution is -2.17. The van der Waals surface area contributed by atoms with Crippen molar-refractivity contribution in [1.82, 2.24) is 0 Å². The third-order valence-corrected chi connectivity index (χ3v) is 4.35. The Morgan fingerprint density at radius 3 is 2.80 bits per heavy atom. The lowest BCUT2D eigenvalue weighted by Gasteiger charge is -2.16. The van der Waals surface area contributed by atoms with Crippen LogP contribution in [0, 0.1) is 13.8 Å². The third kappa shape index (κ3) is 5.13. The summed E-state index contributed by atoms with van der Waals surface area (Å²) in [5.74, 6) is 1.81. The van der Waals surface area contributed by atoms with E-state index in [1.165, 1.54) is 5.56 Å². The first-order valence-corrected chi connectivity index (χ1v) is 9.00. The minimum atomic E-state index is 0.223. The first kappa shape index (κ1) is 17.6. The van der Waals surface area contributed by atoms with Gasteiger partial charge in [-0.05, 0) is 56.0 Å². The number of rotatable bonds is 8. The van der Waals surface area contributed by atoms with Gasteiger partial charge in [0.15, 0.2) is 0 Å². The molecule has 0 aromatic heterocycles. The second-order valence-electron chi connectivity index (χ2n) is 6.49. The summed E-state index contributed by atoms with van der Waals surface area (Å²) in [5.41, 5.74) is 3.36. The standard InChI is InChI=1S/C21H27NO3/c1-16-9-10-17(2)21(14-16)24-13-11-22-19-7-3-4-8-20(19)25-15-18-6-5-12-23-18/h3-4,7-10,14,18,22H,5-6,11-13,15H2,1-2H3. The minimum Gasteiger partial charge on any atom is -0.491 e. The molecular weight excluding hydrogens is 314 g/mol. The molecule has 0 bridgehead atoms. The molecule has 0 aliphatic carbocycles. The fourth-order valence-electron chi connectivity index (χ4n) is 2.91. The van der Waals surface area contributed by atoms with Gasteiger partial charge in [-0.15, -0.1) is 0 Å². The van der Waals surface area contributed by atoms with Gasteiger partial charge in [-0.25, -0.2) is 0 Å². The van der Waals surface area contributed by atoms with Crippen molar-refractivity contribution in [2.45, 2.75) is 32.8 Å². The van der Waals surface area contributed by atoms with Gasteiger partial charge >= 0.3 is 0 Å². The van der Waals surface area contributed by atoms with Gasteiger partial charge in [0.1, 0.15) is 24.7 Å². The zero-order chi connectivity index (χ0) is 17.5. The molecule has 1 heterocycles. The Morgan fingerprint density at radius 1 is 1.08 bits per heavy atom. The van der Waals surface area contributed by atoms with Crippen LogP contribution in [0.1, 0.15) is 24.0 Å². The quantitative estimate of drug-likeness (QED) is 0.725. The van der Waals surface area contributed by atoms with Gasteiger partial charge in [-0.3, -0.25) is 0 Å². The van der Waals surface area contributed by atoms with E-state index >= 15 is 0 Å². The van der Waals surface area contributed by atoms with Crippen molar-refractivity contribution in [1.29, 1.82) is 0 Å². The summed E-state index contributed by atoms with van der Waals surface area (Å²) in [6, 6.07) is 14.3. The molecular formula is C21H27NO3. The number of hydrogen-bond acceptors (Lipinski definition) is 4. The fraction of sp³-hybridized carbons (Fsp3) is 0.429. The zero-order valence-corrected chi connectivity index (χ0v) is 15.1. The average Bonchev–Trinajstić information content (AvgIpc) is 3.14. The maximum absolute atomic E-state index is 5.94. The SMILES string of the molecule is Cc1ccc(C)c(OCCNc2ccccc2OCC2CCCO2)c1. The number of anilines is 1. The smallest absolute Gasteiger partial charge is 0.142 e. The highest BCUT2D eigenvalue weighted by molar-refractivity contribution is 5.56. The molecule has 2 aromatic rings. The van der Waals surface area contributed by atoms with Gasteiger partial charge in [0.05, 0.1) is 11.8 Å². The summed E-state index contributed by atoms with van der Waals surface area (Å²) in [7, 11) is 0. The van der Waals surface area contributed by atoms with Crippen molar-refractivity contribution >= 4 is 5.69 Å². The predicted octanol–water partition coefficient (Wildman–Crippen LogP) is 4.35. The highest BCUT2D eigenvalue weighted by Gasteiger charge is 2.16. The molecule has 1 saturated heterocycles. The molecule has 134 valence electrons. The molecule has 1 aliphatic heterocycles. The van der Waals surface area contributed by atoms with Crippen molar-refractivity contribution in [2.24, 2.45) is 0 Å². The van der Waals surface area contributed by atoms with Crippen LogP contribution in [0.15, 0.2) is 42.5 Å². The van der Waals surface area contributed by atoms with Crippen LogP contribution in [0.25, 0.3) is 0 Å². The third-order valence-electron chi connectivity index (χ3n) is 4.35. The van der Waals surface area contributed by atoms with Crippen LogP contribution in [0.5, 0.6) is 11.5 Å². The summed E-state index contributed by atoms with van der Waals surface area (Å²) >= 11 is 0. The van der Waals surface area contributed by atoms with Crippen molar-refractivity contribution in [3.63, 3.8) is 0 Å². The van der Waals surface area contributed by atoms with E-state index in [9.17, 15) is 0 Å². The van der Waals surface area contributed by atoms with Gasteiger partial charge in [0.25, 0.3) is 0 Å². The molecule has 2 aromatic carbocycles. The topological polar surface area (TPSA) is 39.7 Å². The number of aryl methyl sites for hydroxylation is 2. The Labute approximate surface area is 150 Å². The molecule has 0 radical (unpaired) electrons. The van der Waals surface area contributed by atoms with Crippen molar-refractivity contribution in [3.8, 4) is 11.5 Å². The molecule has 25 heavy (non-hydrogen) atoms. The molecule has 1 unspecified atom stereocenters. The fourth-order valence-corrected chi connectivity index (χ4v) is 2.91. The van der Waals surface area contributed by atoms with E-state index in [-0.39, 0.29) is 6.10 Å². The van der Waals surface area contributed by atoms with Crippen LogP contribution >= 0.6 is 0 Å². The molecule has 0 amide bonds. The Bertz CT molecular complexity index is 681. The van der Waals surface area contributed by atoms with E-state index in [1.54, 1.807) is 0 Å². The van der Waals surface area contributed by atoms with E-state index in [4.69, 9.17) is 14.2 Å². The number of nitrogens with one attached hydrogen (secondary N) is 1. The van der Waals surface area contributed by atoms with E-state index in [2.05, 4.69) is 37.4 Å². The summed E-state index contributed by atoms with van der Waals surface area (Å²) in [4.78, 5) is 0. The van der Waals surface area contributed by atoms with Crippen molar-refractivity contribution in [2.75, 3.05) is 31.7 Å². The predicted molar refractivity (Wildman–Crippen MR) is 101 cm³/mol. The summed E-state index contributed by atoms with van der Waals surface area (Å²) in [6.45, 7) is 6.92. The second kappa shape index (κ2) is 8.77. The molecule has 1 fully saturated rings. The zero-order valence-electron chi connectivity index (χ0n) is 15.1. The number of para-hydroxylation sites is 2. The first-order valence-electron chi connectivity index (χ1n) is 9.00. The maximum Gasteiger partial charge on any atom is 0.142 e. The number of benzene rings is 2. The Balaban J connectivity index is 1.48. The lowest BCUT2D eigenvalue weighted by molar-refractivity contribution is 0.0682.